The fourth-order valence-corrected chi connectivity index (χ4v) is 1.60. The van der Waals surface area contributed by atoms with Gasteiger partial charge in [-0.05, 0) is 32.1 Å². The number of aliphatic carboxylic acids is 1. The number of carboxylic acids is 1. The van der Waals surface area contributed by atoms with E-state index in [4.69, 9.17) is 9.84 Å². The molecule has 0 bridgehead atoms. The summed E-state index contributed by atoms with van der Waals surface area (Å²) in [4.78, 5) is 21.5. The zero-order chi connectivity index (χ0) is 13.8. The van der Waals surface area contributed by atoms with E-state index in [9.17, 15) is 14.7 Å². The van der Waals surface area contributed by atoms with Crippen LogP contribution >= 0.6 is 0 Å². The van der Waals surface area contributed by atoms with Crippen LogP contribution in [0.25, 0.3) is 0 Å². The fourth-order valence-electron chi connectivity index (χ4n) is 1.60. The zero-order valence-corrected chi connectivity index (χ0v) is 11.1. The molecule has 106 valence electrons. The molecule has 0 heterocycles. The average Bonchev–Trinajstić information content (AvgIpc) is 2.30. The second-order valence-electron chi connectivity index (χ2n) is 4.41. The van der Waals surface area contributed by atoms with Crippen molar-refractivity contribution in [1.82, 2.24) is 0 Å². The van der Waals surface area contributed by atoms with E-state index in [0.717, 1.165) is 12.8 Å². The smallest absolute Gasteiger partial charge is 0.305 e. The summed E-state index contributed by atoms with van der Waals surface area (Å²) in [6.45, 7) is 2.35. The zero-order valence-electron chi connectivity index (χ0n) is 11.1. The van der Waals surface area contributed by atoms with E-state index in [1.165, 1.54) is 0 Å². The molecule has 0 aromatic heterocycles. The Balaban J connectivity index is 3.34. The molecule has 0 radical (unpaired) electrons. The third-order valence-electron chi connectivity index (χ3n) is 2.59. The molecule has 0 spiro atoms. The maximum atomic E-state index is 11.2. The summed E-state index contributed by atoms with van der Waals surface area (Å²) < 4.78 is 4.98. The van der Waals surface area contributed by atoms with Gasteiger partial charge in [-0.1, -0.05) is 13.3 Å². The molecule has 0 aromatic carbocycles. The summed E-state index contributed by atoms with van der Waals surface area (Å²) in [6.07, 6.45) is 4.16. The van der Waals surface area contributed by atoms with Crippen molar-refractivity contribution < 1.29 is 24.5 Å². The van der Waals surface area contributed by atoms with Crippen molar-refractivity contribution in [3.63, 3.8) is 0 Å². The lowest BCUT2D eigenvalue weighted by Crippen LogP contribution is -2.10. The number of aliphatic hydroxyl groups is 1. The van der Waals surface area contributed by atoms with Crippen molar-refractivity contribution in [3.05, 3.63) is 0 Å². The van der Waals surface area contributed by atoms with Gasteiger partial charge in [-0.15, -0.1) is 0 Å². The molecule has 0 fully saturated rings. The van der Waals surface area contributed by atoms with Gasteiger partial charge >= 0.3 is 11.9 Å². The first kappa shape index (κ1) is 16.9. The first-order valence-electron chi connectivity index (χ1n) is 6.61. The number of ether oxygens (including phenoxy) is 1. The minimum absolute atomic E-state index is 0.0937. The molecule has 0 aliphatic carbocycles. The van der Waals surface area contributed by atoms with Gasteiger partial charge in [0.1, 0.15) is 0 Å². The monoisotopic (exact) mass is 260 g/mol. The summed E-state index contributed by atoms with van der Waals surface area (Å²) in [5.74, 6) is -1.13. The van der Waals surface area contributed by atoms with Gasteiger partial charge in [-0.25, -0.2) is 0 Å². The van der Waals surface area contributed by atoms with Gasteiger partial charge < -0.3 is 14.9 Å². The second kappa shape index (κ2) is 11.0. The summed E-state index contributed by atoms with van der Waals surface area (Å²) in [6, 6.07) is 0. The van der Waals surface area contributed by atoms with E-state index >= 15 is 0 Å². The van der Waals surface area contributed by atoms with Gasteiger partial charge in [0.05, 0.1) is 12.7 Å². The molecular weight excluding hydrogens is 236 g/mol. The third-order valence-corrected chi connectivity index (χ3v) is 2.59. The second-order valence-corrected chi connectivity index (χ2v) is 4.41. The highest BCUT2D eigenvalue weighted by Crippen LogP contribution is 2.06. The molecule has 0 saturated heterocycles. The maximum Gasteiger partial charge on any atom is 0.305 e. The Morgan fingerprint density at radius 3 is 2.39 bits per heavy atom. The van der Waals surface area contributed by atoms with Crippen LogP contribution < -0.4 is 0 Å². The summed E-state index contributed by atoms with van der Waals surface area (Å²) in [7, 11) is 0. The highest BCUT2D eigenvalue weighted by molar-refractivity contribution is 5.69. The predicted molar refractivity (Wildman–Crippen MR) is 67.2 cm³/mol. The number of aliphatic hydroxyl groups excluding tert-OH is 1. The SMILES string of the molecule is CCCC(O)CCCOC(=O)CCCCC(=O)O. The Hall–Kier alpha value is -1.10. The lowest BCUT2D eigenvalue weighted by atomic mass is 10.1. The minimum atomic E-state index is -0.840. The molecule has 1 unspecified atom stereocenters. The maximum absolute atomic E-state index is 11.2. The summed E-state index contributed by atoms with van der Waals surface area (Å²) >= 11 is 0. The number of hydrogen-bond acceptors (Lipinski definition) is 4. The molecule has 0 amide bonds. The van der Waals surface area contributed by atoms with Crippen LogP contribution in [0.2, 0.25) is 0 Å². The lowest BCUT2D eigenvalue weighted by Gasteiger charge is -2.09. The number of unbranched alkanes of at least 4 members (excludes halogenated alkanes) is 1. The molecule has 0 aliphatic rings. The normalized spacial score (nSPS) is 12.1. The quantitative estimate of drug-likeness (QED) is 0.439. The van der Waals surface area contributed by atoms with Crippen molar-refractivity contribution >= 4 is 11.9 Å². The van der Waals surface area contributed by atoms with Crippen LogP contribution in [-0.4, -0.2) is 34.9 Å². The van der Waals surface area contributed by atoms with Gasteiger partial charge in [-0.3, -0.25) is 9.59 Å². The van der Waals surface area contributed by atoms with Crippen LogP contribution in [0.4, 0.5) is 0 Å². The van der Waals surface area contributed by atoms with Crippen LogP contribution in [0.5, 0.6) is 0 Å². The Bertz CT molecular complexity index is 240. The molecule has 2 N–H and O–H groups in total. The lowest BCUT2D eigenvalue weighted by molar-refractivity contribution is -0.144. The van der Waals surface area contributed by atoms with Crippen molar-refractivity contribution in [3.8, 4) is 0 Å². The first-order chi connectivity index (χ1) is 8.56. The van der Waals surface area contributed by atoms with Gasteiger partial charge in [0, 0.05) is 12.8 Å². The van der Waals surface area contributed by atoms with Crippen LogP contribution in [0.15, 0.2) is 0 Å². The van der Waals surface area contributed by atoms with Crippen LogP contribution in [0, 0.1) is 0 Å². The van der Waals surface area contributed by atoms with Crippen LogP contribution in [0.3, 0.4) is 0 Å². The highest BCUT2D eigenvalue weighted by atomic mass is 16.5. The van der Waals surface area contributed by atoms with E-state index in [1.807, 2.05) is 6.92 Å². The molecule has 1 atom stereocenters. The Morgan fingerprint density at radius 2 is 1.78 bits per heavy atom. The average molecular weight is 260 g/mol. The van der Waals surface area contributed by atoms with E-state index < -0.39 is 5.97 Å². The molecule has 5 heteroatoms. The van der Waals surface area contributed by atoms with Crippen molar-refractivity contribution in [1.29, 1.82) is 0 Å². The number of carbonyl (C=O) groups is 2. The molecule has 5 nitrogen and oxygen atoms in total. The van der Waals surface area contributed by atoms with Crippen molar-refractivity contribution in [2.75, 3.05) is 6.61 Å². The number of hydrogen-bond donors (Lipinski definition) is 2. The number of esters is 1. The number of rotatable bonds is 11. The van der Waals surface area contributed by atoms with Gasteiger partial charge in [0.2, 0.25) is 0 Å². The Labute approximate surface area is 108 Å². The molecular formula is C13H24O5. The molecule has 0 aromatic rings. The van der Waals surface area contributed by atoms with E-state index in [-0.39, 0.29) is 24.9 Å². The third kappa shape index (κ3) is 11.4. The Kier molecular flexibility index (Phi) is 10.3. The highest BCUT2D eigenvalue weighted by Gasteiger charge is 2.06. The van der Waals surface area contributed by atoms with Gasteiger partial charge in [0.15, 0.2) is 0 Å². The minimum Gasteiger partial charge on any atom is -0.481 e. The molecule has 0 rings (SSSR count). The molecule has 0 saturated carbocycles. The molecule has 18 heavy (non-hydrogen) atoms. The summed E-state index contributed by atoms with van der Waals surface area (Å²) in [5.41, 5.74) is 0. The van der Waals surface area contributed by atoms with E-state index in [0.29, 0.717) is 32.3 Å². The van der Waals surface area contributed by atoms with Gasteiger partial charge in [0.25, 0.3) is 0 Å². The summed E-state index contributed by atoms with van der Waals surface area (Å²) in [5, 5.41) is 17.9. The predicted octanol–water partition coefficient (Wildman–Crippen LogP) is 2.12. The van der Waals surface area contributed by atoms with Crippen molar-refractivity contribution in [2.45, 2.75) is 64.4 Å². The van der Waals surface area contributed by atoms with E-state index in [2.05, 4.69) is 0 Å². The van der Waals surface area contributed by atoms with Crippen LogP contribution in [0.1, 0.15) is 58.3 Å². The van der Waals surface area contributed by atoms with Crippen molar-refractivity contribution in [2.24, 2.45) is 0 Å². The largest absolute Gasteiger partial charge is 0.481 e. The Morgan fingerprint density at radius 1 is 1.11 bits per heavy atom. The van der Waals surface area contributed by atoms with E-state index in [1.54, 1.807) is 0 Å². The number of carboxylic acid groups (broad SMARTS) is 1. The number of carbonyl (C=O) groups excluding carboxylic acids is 1. The first-order valence-corrected chi connectivity index (χ1v) is 6.61. The molecule has 0 aliphatic heterocycles. The fraction of sp³-hybridized carbons (Fsp3) is 0.846. The van der Waals surface area contributed by atoms with Crippen LogP contribution in [-0.2, 0) is 14.3 Å². The standard InChI is InChI=1S/C13H24O5/c1-2-6-11(14)7-5-10-18-13(17)9-4-3-8-12(15)16/h11,14H,2-10H2,1H3,(H,15,16). The van der Waals surface area contributed by atoms with Gasteiger partial charge in [-0.2, -0.15) is 0 Å². The topological polar surface area (TPSA) is 83.8 Å².